The Labute approximate surface area is 130 Å². The third-order valence-electron chi connectivity index (χ3n) is 3.58. The monoisotopic (exact) mass is 305 g/mol. The van der Waals surface area contributed by atoms with Crippen LogP contribution in [0, 0.1) is 0 Å². The fraction of sp³-hybridized carbons (Fsp3) is 0.500. The van der Waals surface area contributed by atoms with Gasteiger partial charge in [0.1, 0.15) is 0 Å². The van der Waals surface area contributed by atoms with E-state index in [0.29, 0.717) is 12.1 Å². The van der Waals surface area contributed by atoms with Crippen molar-refractivity contribution >= 4 is 17.4 Å². The molecule has 1 saturated heterocycles. The highest BCUT2D eigenvalue weighted by Gasteiger charge is 2.10. The zero-order valence-corrected chi connectivity index (χ0v) is 12.9. The fourth-order valence-corrected chi connectivity index (χ4v) is 2.27. The molecule has 0 saturated carbocycles. The van der Waals surface area contributed by atoms with Gasteiger partial charge in [-0.15, -0.1) is 0 Å². The smallest absolute Gasteiger partial charge is 0.239 e. The fourth-order valence-electron chi connectivity index (χ4n) is 2.27. The van der Waals surface area contributed by atoms with E-state index in [-0.39, 0.29) is 18.2 Å². The molecule has 0 bridgehead atoms. The Morgan fingerprint density at radius 2 is 2.05 bits per heavy atom. The van der Waals surface area contributed by atoms with E-state index < -0.39 is 0 Å². The molecule has 1 aromatic carbocycles. The van der Waals surface area contributed by atoms with Crippen LogP contribution in [0.1, 0.15) is 17.3 Å². The largest absolute Gasteiger partial charge is 0.379 e. The molecule has 0 aromatic heterocycles. The van der Waals surface area contributed by atoms with Crippen LogP contribution in [0.5, 0.6) is 0 Å². The number of carbonyl (C=O) groups is 2. The summed E-state index contributed by atoms with van der Waals surface area (Å²) in [6.07, 6.45) is 0. The van der Waals surface area contributed by atoms with Gasteiger partial charge < -0.3 is 15.4 Å². The number of nitrogens with one attached hydrogen (secondary N) is 2. The first-order valence-electron chi connectivity index (χ1n) is 7.57. The Kier molecular flexibility index (Phi) is 6.36. The van der Waals surface area contributed by atoms with Crippen LogP contribution in [0.2, 0.25) is 0 Å². The summed E-state index contributed by atoms with van der Waals surface area (Å²) in [5.41, 5.74) is 1.41. The number of ether oxygens (including phenoxy) is 1. The molecule has 1 aliphatic rings. The molecule has 6 heteroatoms. The van der Waals surface area contributed by atoms with Crippen LogP contribution in [-0.2, 0) is 9.53 Å². The lowest BCUT2D eigenvalue weighted by Gasteiger charge is -2.26. The molecule has 120 valence electrons. The minimum atomic E-state index is -0.0542. The highest BCUT2D eigenvalue weighted by atomic mass is 16.5. The number of Topliss-reactive ketones (excluding diaryl/α,β-unsaturated/α-hetero) is 1. The highest BCUT2D eigenvalue weighted by Crippen LogP contribution is 2.10. The predicted octanol–water partition coefficient (Wildman–Crippen LogP) is 0.750. The maximum Gasteiger partial charge on any atom is 0.239 e. The zero-order valence-electron chi connectivity index (χ0n) is 12.9. The van der Waals surface area contributed by atoms with Crippen molar-refractivity contribution in [3.05, 3.63) is 29.8 Å². The van der Waals surface area contributed by atoms with Gasteiger partial charge in [0.25, 0.3) is 0 Å². The van der Waals surface area contributed by atoms with Crippen molar-refractivity contribution in [1.29, 1.82) is 0 Å². The average molecular weight is 305 g/mol. The van der Waals surface area contributed by atoms with Gasteiger partial charge >= 0.3 is 0 Å². The summed E-state index contributed by atoms with van der Waals surface area (Å²) in [4.78, 5) is 25.4. The summed E-state index contributed by atoms with van der Waals surface area (Å²) in [6.45, 7) is 6.58. The Hall–Kier alpha value is -1.92. The quantitative estimate of drug-likeness (QED) is 0.728. The molecule has 2 rings (SSSR count). The number of anilines is 1. The van der Waals surface area contributed by atoms with Gasteiger partial charge in [0.05, 0.1) is 19.8 Å². The van der Waals surface area contributed by atoms with Gasteiger partial charge in [-0.1, -0.05) is 12.1 Å². The number of ketones is 1. The maximum absolute atomic E-state index is 11.8. The first kappa shape index (κ1) is 16.5. The third-order valence-corrected chi connectivity index (χ3v) is 3.58. The SMILES string of the molecule is CC(=O)c1cccc(NCC(=O)NCCN2CCOCC2)c1. The molecule has 0 atom stereocenters. The van der Waals surface area contributed by atoms with Crippen molar-refractivity contribution in [2.24, 2.45) is 0 Å². The average Bonchev–Trinajstić information content (AvgIpc) is 2.54. The summed E-state index contributed by atoms with van der Waals surface area (Å²) in [7, 11) is 0. The van der Waals surface area contributed by atoms with Crippen LogP contribution in [0.3, 0.4) is 0 Å². The molecule has 1 heterocycles. The van der Waals surface area contributed by atoms with Gasteiger partial charge in [0.2, 0.25) is 5.91 Å². The van der Waals surface area contributed by atoms with E-state index >= 15 is 0 Å². The van der Waals surface area contributed by atoms with Crippen LogP contribution in [0.15, 0.2) is 24.3 Å². The molecule has 1 aliphatic heterocycles. The Morgan fingerprint density at radius 1 is 1.27 bits per heavy atom. The Morgan fingerprint density at radius 3 is 2.77 bits per heavy atom. The Bertz CT molecular complexity index is 513. The van der Waals surface area contributed by atoms with Crippen LogP contribution in [0.4, 0.5) is 5.69 Å². The third kappa shape index (κ3) is 5.46. The molecule has 0 aliphatic carbocycles. The van der Waals surface area contributed by atoms with E-state index in [2.05, 4.69) is 15.5 Å². The first-order valence-corrected chi connectivity index (χ1v) is 7.57. The van der Waals surface area contributed by atoms with E-state index in [9.17, 15) is 9.59 Å². The molecular weight excluding hydrogens is 282 g/mol. The molecule has 22 heavy (non-hydrogen) atoms. The molecule has 6 nitrogen and oxygen atoms in total. The number of benzene rings is 1. The molecular formula is C16H23N3O3. The molecule has 1 amide bonds. The second kappa shape index (κ2) is 8.51. The molecule has 1 fully saturated rings. The van der Waals surface area contributed by atoms with Crippen LogP contribution < -0.4 is 10.6 Å². The predicted molar refractivity (Wildman–Crippen MR) is 85.2 cm³/mol. The van der Waals surface area contributed by atoms with Crippen LogP contribution in [-0.4, -0.2) is 62.5 Å². The zero-order chi connectivity index (χ0) is 15.8. The van der Waals surface area contributed by atoms with Crippen LogP contribution in [0.25, 0.3) is 0 Å². The lowest BCUT2D eigenvalue weighted by Crippen LogP contribution is -2.42. The summed E-state index contributed by atoms with van der Waals surface area (Å²) >= 11 is 0. The number of hydrogen-bond acceptors (Lipinski definition) is 5. The van der Waals surface area contributed by atoms with Gasteiger partial charge in [-0.05, 0) is 19.1 Å². The Balaban J connectivity index is 1.66. The van der Waals surface area contributed by atoms with Gasteiger partial charge in [-0.25, -0.2) is 0 Å². The van der Waals surface area contributed by atoms with Crippen molar-refractivity contribution in [2.45, 2.75) is 6.92 Å². The lowest BCUT2D eigenvalue weighted by molar-refractivity contribution is -0.119. The first-order chi connectivity index (χ1) is 10.6. The summed E-state index contributed by atoms with van der Waals surface area (Å²) in [5.74, 6) is -0.0416. The van der Waals surface area contributed by atoms with E-state index in [1.54, 1.807) is 18.2 Å². The van der Waals surface area contributed by atoms with E-state index in [4.69, 9.17) is 4.74 Å². The van der Waals surface area contributed by atoms with Gasteiger partial charge in [0, 0.05) is 37.4 Å². The molecule has 0 radical (unpaired) electrons. The van der Waals surface area contributed by atoms with E-state index in [1.165, 1.54) is 6.92 Å². The van der Waals surface area contributed by atoms with Crippen molar-refractivity contribution in [1.82, 2.24) is 10.2 Å². The van der Waals surface area contributed by atoms with E-state index in [1.807, 2.05) is 6.07 Å². The highest BCUT2D eigenvalue weighted by molar-refractivity contribution is 5.95. The number of hydrogen-bond donors (Lipinski definition) is 2. The molecule has 1 aromatic rings. The molecule has 2 N–H and O–H groups in total. The normalized spacial score (nSPS) is 15.3. The van der Waals surface area contributed by atoms with Crippen molar-refractivity contribution in [3.8, 4) is 0 Å². The lowest BCUT2D eigenvalue weighted by atomic mass is 10.1. The number of amides is 1. The van der Waals surface area contributed by atoms with Gasteiger partial charge in [-0.3, -0.25) is 14.5 Å². The number of rotatable bonds is 7. The van der Waals surface area contributed by atoms with Crippen molar-refractivity contribution in [2.75, 3.05) is 51.3 Å². The summed E-state index contributed by atoms with van der Waals surface area (Å²) in [5, 5.41) is 5.92. The van der Waals surface area contributed by atoms with Crippen molar-refractivity contribution < 1.29 is 14.3 Å². The summed E-state index contributed by atoms with van der Waals surface area (Å²) in [6, 6.07) is 7.15. The van der Waals surface area contributed by atoms with E-state index in [0.717, 1.165) is 38.5 Å². The molecule has 0 unspecified atom stereocenters. The minimum Gasteiger partial charge on any atom is -0.379 e. The summed E-state index contributed by atoms with van der Waals surface area (Å²) < 4.78 is 5.28. The van der Waals surface area contributed by atoms with Gasteiger partial charge in [0.15, 0.2) is 5.78 Å². The second-order valence-corrected chi connectivity index (χ2v) is 5.29. The standard InChI is InChI=1S/C16H23N3O3/c1-13(20)14-3-2-4-15(11-14)18-12-16(21)17-5-6-19-7-9-22-10-8-19/h2-4,11,18H,5-10,12H2,1H3,(H,17,21). The van der Waals surface area contributed by atoms with Gasteiger partial charge in [-0.2, -0.15) is 0 Å². The number of nitrogens with zero attached hydrogens (tertiary/aromatic N) is 1. The number of morpholine rings is 1. The number of carbonyl (C=O) groups excluding carboxylic acids is 2. The minimum absolute atomic E-state index is 0.0126. The molecule has 0 spiro atoms. The maximum atomic E-state index is 11.8. The van der Waals surface area contributed by atoms with Crippen LogP contribution >= 0.6 is 0 Å². The topological polar surface area (TPSA) is 70.7 Å². The second-order valence-electron chi connectivity index (χ2n) is 5.29. The van der Waals surface area contributed by atoms with Crippen molar-refractivity contribution in [3.63, 3.8) is 0 Å².